The second kappa shape index (κ2) is 11.3. The van der Waals surface area contributed by atoms with Gasteiger partial charge in [-0.05, 0) is 51.6 Å². The van der Waals surface area contributed by atoms with Crippen LogP contribution in [0.2, 0.25) is 0 Å². The van der Waals surface area contributed by atoms with Gasteiger partial charge in [-0.2, -0.15) is 0 Å². The summed E-state index contributed by atoms with van der Waals surface area (Å²) in [6.07, 6.45) is 4.08. The Kier molecular flexibility index (Phi) is 11.1. The molecule has 1 unspecified atom stereocenters. The maximum atomic E-state index is 12.1. The zero-order valence-electron chi connectivity index (χ0n) is 14.1. The summed E-state index contributed by atoms with van der Waals surface area (Å²) in [6.45, 7) is 9.93. The highest BCUT2D eigenvalue weighted by Crippen LogP contribution is 2.17. The van der Waals surface area contributed by atoms with Crippen LogP contribution in [-0.2, 0) is 9.53 Å². The molecule has 0 aromatic heterocycles. The predicted molar refractivity (Wildman–Crippen MR) is 90.0 cm³/mol. The molecule has 0 saturated carbocycles. The number of carbonyl (C=O) groups excluding carboxylic acids is 1. The van der Waals surface area contributed by atoms with Crippen molar-refractivity contribution in [3.05, 3.63) is 0 Å². The molecule has 1 saturated heterocycles. The Morgan fingerprint density at radius 3 is 2.43 bits per heavy atom. The molecule has 1 aliphatic rings. The standard InChI is InChI=1S/C16H32N2O2.ClH/c1-13(2)11-14(3)20-10-7-16(19)18-8-5-15(6-9-18)12-17-4;/h13-15,17H,5-12H2,1-4H3;1H. The number of piperidine rings is 1. The molecule has 1 rings (SSSR count). The number of nitrogens with zero attached hydrogens (tertiary/aromatic N) is 1. The summed E-state index contributed by atoms with van der Waals surface area (Å²) in [7, 11) is 1.99. The van der Waals surface area contributed by atoms with E-state index in [2.05, 4.69) is 26.1 Å². The fourth-order valence-corrected chi connectivity index (χ4v) is 2.91. The number of likely N-dealkylation sites (tertiary alicyclic amines) is 1. The van der Waals surface area contributed by atoms with Crippen LogP contribution in [0.3, 0.4) is 0 Å². The zero-order chi connectivity index (χ0) is 15.0. The minimum absolute atomic E-state index is 0. The van der Waals surface area contributed by atoms with E-state index in [9.17, 15) is 4.79 Å². The van der Waals surface area contributed by atoms with Crippen LogP contribution in [0.15, 0.2) is 0 Å². The number of nitrogens with one attached hydrogen (secondary N) is 1. The summed E-state index contributed by atoms with van der Waals surface area (Å²) in [4.78, 5) is 14.1. The first-order valence-corrected chi connectivity index (χ1v) is 8.06. The highest BCUT2D eigenvalue weighted by atomic mass is 35.5. The van der Waals surface area contributed by atoms with Crippen molar-refractivity contribution in [2.24, 2.45) is 11.8 Å². The van der Waals surface area contributed by atoms with E-state index in [4.69, 9.17) is 4.74 Å². The zero-order valence-corrected chi connectivity index (χ0v) is 14.9. The second-order valence-electron chi connectivity index (χ2n) is 6.44. The molecule has 21 heavy (non-hydrogen) atoms. The molecule has 0 bridgehead atoms. The van der Waals surface area contributed by atoms with Gasteiger partial charge in [0.1, 0.15) is 0 Å². The third-order valence-corrected chi connectivity index (χ3v) is 3.98. The lowest BCUT2D eigenvalue weighted by Gasteiger charge is -2.32. The molecule has 1 amide bonds. The molecule has 5 heteroatoms. The van der Waals surface area contributed by atoms with Crippen molar-refractivity contribution in [3.63, 3.8) is 0 Å². The molecule has 0 spiro atoms. The van der Waals surface area contributed by atoms with Crippen molar-refractivity contribution in [2.75, 3.05) is 33.3 Å². The molecule has 1 atom stereocenters. The van der Waals surface area contributed by atoms with Crippen LogP contribution in [0, 0.1) is 11.8 Å². The monoisotopic (exact) mass is 320 g/mol. The molecule has 1 fully saturated rings. The lowest BCUT2D eigenvalue weighted by Crippen LogP contribution is -2.40. The number of amides is 1. The Bertz CT molecular complexity index is 279. The molecule has 0 aromatic rings. The fraction of sp³-hybridized carbons (Fsp3) is 0.938. The Labute approximate surface area is 136 Å². The number of carbonyl (C=O) groups is 1. The van der Waals surface area contributed by atoms with Crippen molar-refractivity contribution < 1.29 is 9.53 Å². The summed E-state index contributed by atoms with van der Waals surface area (Å²) in [5.74, 6) is 1.63. The van der Waals surface area contributed by atoms with E-state index in [0.29, 0.717) is 18.9 Å². The van der Waals surface area contributed by atoms with Gasteiger partial charge in [-0.15, -0.1) is 12.4 Å². The first-order valence-electron chi connectivity index (χ1n) is 8.06. The summed E-state index contributed by atoms with van der Waals surface area (Å²) >= 11 is 0. The van der Waals surface area contributed by atoms with Crippen molar-refractivity contribution in [1.29, 1.82) is 0 Å². The van der Waals surface area contributed by atoms with Gasteiger partial charge in [0.05, 0.1) is 19.1 Å². The minimum Gasteiger partial charge on any atom is -0.378 e. The van der Waals surface area contributed by atoms with Crippen molar-refractivity contribution >= 4 is 18.3 Å². The average Bonchev–Trinajstić information content (AvgIpc) is 2.39. The van der Waals surface area contributed by atoms with Gasteiger partial charge < -0.3 is 15.0 Å². The van der Waals surface area contributed by atoms with Crippen LogP contribution in [0.25, 0.3) is 0 Å². The summed E-state index contributed by atoms with van der Waals surface area (Å²) in [6, 6.07) is 0. The Hall–Kier alpha value is -0.320. The molecule has 4 nitrogen and oxygen atoms in total. The van der Waals surface area contributed by atoms with Gasteiger partial charge in [0.25, 0.3) is 0 Å². The number of halogens is 1. The average molecular weight is 321 g/mol. The van der Waals surface area contributed by atoms with E-state index >= 15 is 0 Å². The molecule has 0 aromatic carbocycles. The summed E-state index contributed by atoms with van der Waals surface area (Å²) in [5.41, 5.74) is 0. The normalized spacial score (nSPS) is 17.7. The van der Waals surface area contributed by atoms with Crippen LogP contribution < -0.4 is 5.32 Å². The van der Waals surface area contributed by atoms with Crippen molar-refractivity contribution in [1.82, 2.24) is 10.2 Å². The van der Waals surface area contributed by atoms with Crippen LogP contribution in [0.4, 0.5) is 0 Å². The fourth-order valence-electron chi connectivity index (χ4n) is 2.91. The van der Waals surface area contributed by atoms with E-state index in [0.717, 1.165) is 44.8 Å². The molecular formula is C16H33ClN2O2. The molecule has 126 valence electrons. The molecular weight excluding hydrogens is 288 g/mol. The van der Waals surface area contributed by atoms with Crippen molar-refractivity contribution in [2.45, 2.75) is 52.6 Å². The summed E-state index contributed by atoms with van der Waals surface area (Å²) in [5, 5.41) is 3.22. The first-order chi connectivity index (χ1) is 9.52. The second-order valence-corrected chi connectivity index (χ2v) is 6.44. The topological polar surface area (TPSA) is 41.6 Å². The third-order valence-electron chi connectivity index (χ3n) is 3.98. The Morgan fingerprint density at radius 2 is 1.90 bits per heavy atom. The van der Waals surface area contributed by atoms with Crippen LogP contribution >= 0.6 is 12.4 Å². The number of ether oxygens (including phenoxy) is 1. The minimum atomic E-state index is 0. The lowest BCUT2D eigenvalue weighted by atomic mass is 9.97. The summed E-state index contributed by atoms with van der Waals surface area (Å²) < 4.78 is 5.72. The van der Waals surface area contributed by atoms with Gasteiger partial charge in [0.2, 0.25) is 5.91 Å². The van der Waals surface area contributed by atoms with E-state index in [1.54, 1.807) is 0 Å². The quantitative estimate of drug-likeness (QED) is 0.747. The number of hydrogen-bond acceptors (Lipinski definition) is 3. The molecule has 1 aliphatic heterocycles. The SMILES string of the molecule is CNCC1CCN(C(=O)CCOC(C)CC(C)C)CC1.Cl. The predicted octanol–water partition coefficient (Wildman–Crippen LogP) is 2.71. The van der Waals surface area contributed by atoms with Gasteiger partial charge in [-0.1, -0.05) is 13.8 Å². The van der Waals surface area contributed by atoms with E-state index in [1.165, 1.54) is 0 Å². The van der Waals surface area contributed by atoms with Gasteiger partial charge in [-0.3, -0.25) is 4.79 Å². The van der Waals surface area contributed by atoms with Gasteiger partial charge in [-0.25, -0.2) is 0 Å². The first kappa shape index (κ1) is 20.7. The van der Waals surface area contributed by atoms with Crippen LogP contribution in [0.1, 0.15) is 46.5 Å². The smallest absolute Gasteiger partial charge is 0.224 e. The Balaban J connectivity index is 0.00000400. The van der Waals surface area contributed by atoms with Crippen molar-refractivity contribution in [3.8, 4) is 0 Å². The highest BCUT2D eigenvalue weighted by Gasteiger charge is 2.22. The van der Waals surface area contributed by atoms with E-state index < -0.39 is 0 Å². The van der Waals surface area contributed by atoms with Gasteiger partial charge in [0, 0.05) is 13.1 Å². The largest absolute Gasteiger partial charge is 0.378 e. The van der Waals surface area contributed by atoms with Crippen LogP contribution in [-0.4, -0.2) is 50.2 Å². The van der Waals surface area contributed by atoms with Crippen LogP contribution in [0.5, 0.6) is 0 Å². The molecule has 1 heterocycles. The Morgan fingerprint density at radius 1 is 1.29 bits per heavy atom. The number of hydrogen-bond donors (Lipinski definition) is 1. The maximum Gasteiger partial charge on any atom is 0.224 e. The molecule has 0 radical (unpaired) electrons. The maximum absolute atomic E-state index is 12.1. The van der Waals surface area contributed by atoms with Gasteiger partial charge >= 0.3 is 0 Å². The lowest BCUT2D eigenvalue weighted by molar-refractivity contribution is -0.134. The highest BCUT2D eigenvalue weighted by molar-refractivity contribution is 5.85. The molecule has 1 N–H and O–H groups in total. The van der Waals surface area contributed by atoms with E-state index in [-0.39, 0.29) is 24.4 Å². The van der Waals surface area contributed by atoms with Gasteiger partial charge in [0.15, 0.2) is 0 Å². The van der Waals surface area contributed by atoms with E-state index in [1.807, 2.05) is 11.9 Å². The molecule has 0 aliphatic carbocycles. The number of rotatable bonds is 8. The third kappa shape index (κ3) is 8.64.